The van der Waals surface area contributed by atoms with Gasteiger partial charge in [0.25, 0.3) is 0 Å². The average molecular weight is 365 g/mol. The molecule has 2 heterocycles. The Morgan fingerprint density at radius 3 is 2.85 bits per heavy atom. The van der Waals surface area contributed by atoms with E-state index in [-0.39, 0.29) is 5.92 Å². The van der Waals surface area contributed by atoms with E-state index >= 15 is 0 Å². The Morgan fingerprint density at radius 2 is 2.00 bits per heavy atom. The van der Waals surface area contributed by atoms with Gasteiger partial charge in [0, 0.05) is 24.2 Å². The molecular formula is C21H23N3O3. The summed E-state index contributed by atoms with van der Waals surface area (Å²) in [5.74, 6) is 3.27. The minimum Gasteiger partial charge on any atom is -0.497 e. The smallest absolute Gasteiger partial charge is 0.231 e. The Morgan fingerprint density at radius 1 is 1.11 bits per heavy atom. The lowest BCUT2D eigenvalue weighted by atomic mass is 10.1. The minimum absolute atomic E-state index is 0.256. The number of ether oxygens (including phenoxy) is 2. The van der Waals surface area contributed by atoms with Crippen LogP contribution in [-0.4, -0.2) is 42.3 Å². The Bertz CT molecular complexity index is 909. The molecule has 1 atom stereocenters. The van der Waals surface area contributed by atoms with Crippen LogP contribution in [0.1, 0.15) is 23.8 Å². The molecule has 1 aliphatic heterocycles. The highest BCUT2D eigenvalue weighted by molar-refractivity contribution is 5.56. The number of rotatable bonds is 6. The fraction of sp³-hybridized carbons (Fsp3) is 0.333. The Balaban J connectivity index is 1.44. The van der Waals surface area contributed by atoms with Gasteiger partial charge in [-0.05, 0) is 31.2 Å². The average Bonchev–Trinajstić information content (AvgIpc) is 3.38. The van der Waals surface area contributed by atoms with Gasteiger partial charge in [0.15, 0.2) is 0 Å². The van der Waals surface area contributed by atoms with E-state index in [4.69, 9.17) is 14.0 Å². The Labute approximate surface area is 158 Å². The number of methoxy groups -OCH3 is 2. The number of benzene rings is 2. The normalized spacial score (nSPS) is 17.2. The lowest BCUT2D eigenvalue weighted by molar-refractivity contribution is 0.303. The highest BCUT2D eigenvalue weighted by Gasteiger charge is 2.29. The summed E-state index contributed by atoms with van der Waals surface area (Å²) in [4.78, 5) is 7.03. The first kappa shape index (κ1) is 17.5. The molecule has 6 heteroatoms. The van der Waals surface area contributed by atoms with Crippen molar-refractivity contribution in [3.63, 3.8) is 0 Å². The third-order valence-corrected chi connectivity index (χ3v) is 4.98. The molecule has 0 radical (unpaired) electrons. The highest BCUT2D eigenvalue weighted by Crippen LogP contribution is 2.30. The molecule has 0 unspecified atom stereocenters. The first-order chi connectivity index (χ1) is 13.3. The zero-order valence-corrected chi connectivity index (χ0v) is 15.6. The summed E-state index contributed by atoms with van der Waals surface area (Å²) in [6.07, 6.45) is 1.01. The van der Waals surface area contributed by atoms with Gasteiger partial charge in [-0.25, -0.2) is 0 Å². The summed E-state index contributed by atoms with van der Waals surface area (Å²) in [5.41, 5.74) is 2.09. The molecule has 0 amide bonds. The van der Waals surface area contributed by atoms with Crippen LogP contribution in [0, 0.1) is 0 Å². The van der Waals surface area contributed by atoms with Gasteiger partial charge in [0.2, 0.25) is 11.7 Å². The predicted octanol–water partition coefficient (Wildman–Crippen LogP) is 3.74. The first-order valence-corrected chi connectivity index (χ1v) is 9.09. The van der Waals surface area contributed by atoms with E-state index in [1.165, 1.54) is 5.56 Å². The summed E-state index contributed by atoms with van der Waals surface area (Å²) in [7, 11) is 3.36. The molecule has 27 heavy (non-hydrogen) atoms. The maximum Gasteiger partial charge on any atom is 0.231 e. The number of hydrogen-bond acceptors (Lipinski definition) is 6. The van der Waals surface area contributed by atoms with E-state index in [9.17, 15) is 0 Å². The molecule has 1 aromatic heterocycles. The van der Waals surface area contributed by atoms with Gasteiger partial charge in [0.05, 0.1) is 20.1 Å². The molecule has 0 aliphatic carbocycles. The molecule has 140 valence electrons. The minimum atomic E-state index is 0.256. The standard InChI is InChI=1S/C21H23N3O3/c1-25-18-8-5-7-15(12-18)20-22-21(27-23-20)17-10-11-24(14-17)13-16-6-3-4-9-19(16)26-2/h3-9,12,17H,10-11,13-14H2,1-2H3/t17-/m1/s1. The zero-order valence-electron chi connectivity index (χ0n) is 15.6. The summed E-state index contributed by atoms with van der Waals surface area (Å²) in [6, 6.07) is 15.8. The second-order valence-electron chi connectivity index (χ2n) is 6.72. The van der Waals surface area contributed by atoms with Crippen LogP contribution in [-0.2, 0) is 6.54 Å². The van der Waals surface area contributed by atoms with Gasteiger partial charge < -0.3 is 14.0 Å². The van der Waals surface area contributed by atoms with Gasteiger partial charge >= 0.3 is 0 Å². The molecule has 1 fully saturated rings. The van der Waals surface area contributed by atoms with Gasteiger partial charge in [-0.2, -0.15) is 4.98 Å². The van der Waals surface area contributed by atoms with Crippen molar-refractivity contribution in [3.8, 4) is 22.9 Å². The van der Waals surface area contributed by atoms with E-state index in [1.807, 2.05) is 42.5 Å². The van der Waals surface area contributed by atoms with E-state index in [0.717, 1.165) is 43.1 Å². The number of likely N-dealkylation sites (tertiary alicyclic amines) is 1. The lowest BCUT2D eigenvalue weighted by Crippen LogP contribution is -2.20. The molecule has 1 saturated heterocycles. The zero-order chi connectivity index (χ0) is 18.6. The van der Waals surface area contributed by atoms with Crippen LogP contribution in [0.25, 0.3) is 11.4 Å². The van der Waals surface area contributed by atoms with Crippen LogP contribution in [0.5, 0.6) is 11.5 Å². The molecular weight excluding hydrogens is 342 g/mol. The maximum absolute atomic E-state index is 5.57. The van der Waals surface area contributed by atoms with Gasteiger partial charge in [-0.3, -0.25) is 4.90 Å². The predicted molar refractivity (Wildman–Crippen MR) is 102 cm³/mol. The van der Waals surface area contributed by atoms with Crippen molar-refractivity contribution in [1.29, 1.82) is 0 Å². The fourth-order valence-corrected chi connectivity index (χ4v) is 3.53. The first-order valence-electron chi connectivity index (χ1n) is 9.09. The Hall–Kier alpha value is -2.86. The quantitative estimate of drug-likeness (QED) is 0.663. The van der Waals surface area contributed by atoms with Crippen LogP contribution in [0.4, 0.5) is 0 Å². The van der Waals surface area contributed by atoms with Gasteiger partial charge in [0.1, 0.15) is 11.5 Å². The van der Waals surface area contributed by atoms with Crippen molar-refractivity contribution in [3.05, 3.63) is 60.0 Å². The third-order valence-electron chi connectivity index (χ3n) is 4.98. The molecule has 1 aliphatic rings. The highest BCUT2D eigenvalue weighted by atomic mass is 16.5. The summed E-state index contributed by atoms with van der Waals surface area (Å²) < 4.78 is 16.3. The monoisotopic (exact) mass is 365 g/mol. The van der Waals surface area contributed by atoms with Gasteiger partial charge in [-0.1, -0.05) is 35.5 Å². The number of para-hydroxylation sites is 1. The van der Waals surface area contributed by atoms with E-state index in [2.05, 4.69) is 21.1 Å². The number of aromatic nitrogens is 2. The molecule has 6 nitrogen and oxygen atoms in total. The largest absolute Gasteiger partial charge is 0.497 e. The molecule has 0 bridgehead atoms. The van der Waals surface area contributed by atoms with Crippen LogP contribution in [0.3, 0.4) is 0 Å². The molecule has 0 spiro atoms. The van der Waals surface area contributed by atoms with Crippen LogP contribution in [0.2, 0.25) is 0 Å². The molecule has 4 rings (SSSR count). The van der Waals surface area contributed by atoms with Crippen LogP contribution < -0.4 is 9.47 Å². The van der Waals surface area contributed by atoms with Crippen molar-refractivity contribution >= 4 is 0 Å². The van der Waals surface area contributed by atoms with Crippen LogP contribution in [0.15, 0.2) is 53.1 Å². The number of hydrogen-bond donors (Lipinski definition) is 0. The maximum atomic E-state index is 5.57. The molecule has 0 N–H and O–H groups in total. The second-order valence-corrected chi connectivity index (χ2v) is 6.72. The molecule has 3 aromatic rings. The molecule has 0 saturated carbocycles. The summed E-state index contributed by atoms with van der Waals surface area (Å²) >= 11 is 0. The third kappa shape index (κ3) is 3.80. The van der Waals surface area contributed by atoms with Crippen molar-refractivity contribution in [1.82, 2.24) is 15.0 Å². The van der Waals surface area contributed by atoms with E-state index in [1.54, 1.807) is 14.2 Å². The fourth-order valence-electron chi connectivity index (χ4n) is 3.53. The topological polar surface area (TPSA) is 60.6 Å². The SMILES string of the molecule is COc1cccc(-c2noc([C@@H]3CCN(Cc4ccccc4OC)C3)n2)c1. The van der Waals surface area contributed by atoms with E-state index < -0.39 is 0 Å². The van der Waals surface area contributed by atoms with E-state index in [0.29, 0.717) is 11.7 Å². The molecule has 2 aromatic carbocycles. The van der Waals surface area contributed by atoms with Gasteiger partial charge in [-0.15, -0.1) is 0 Å². The summed E-state index contributed by atoms with van der Waals surface area (Å²) in [6.45, 7) is 2.76. The van der Waals surface area contributed by atoms with Crippen molar-refractivity contribution in [2.24, 2.45) is 0 Å². The van der Waals surface area contributed by atoms with Crippen molar-refractivity contribution in [2.45, 2.75) is 18.9 Å². The number of nitrogens with zero attached hydrogens (tertiary/aromatic N) is 3. The summed E-state index contributed by atoms with van der Waals surface area (Å²) in [5, 5.41) is 4.16. The second kappa shape index (κ2) is 7.80. The lowest BCUT2D eigenvalue weighted by Gasteiger charge is -2.17. The van der Waals surface area contributed by atoms with Crippen molar-refractivity contribution in [2.75, 3.05) is 27.3 Å². The van der Waals surface area contributed by atoms with Crippen LogP contribution >= 0.6 is 0 Å². The Kier molecular flexibility index (Phi) is 5.07. The van der Waals surface area contributed by atoms with Crippen molar-refractivity contribution < 1.29 is 14.0 Å².